The Balaban J connectivity index is 0.00000402. The van der Waals surface area contributed by atoms with E-state index >= 15 is 0 Å². The summed E-state index contributed by atoms with van der Waals surface area (Å²) in [5.41, 5.74) is 19.8. The van der Waals surface area contributed by atoms with E-state index in [2.05, 4.69) is 169 Å². The molecule has 0 aliphatic heterocycles. The maximum atomic E-state index is 2.98. The molecule has 4 aliphatic carbocycles. The number of halogens is 2. The van der Waals surface area contributed by atoms with Gasteiger partial charge in [-0.3, -0.25) is 0 Å². The van der Waals surface area contributed by atoms with Gasteiger partial charge in [-0.05, 0) is 0 Å². The zero-order valence-electron chi connectivity index (χ0n) is 46.0. The molecular weight excluding hydrogens is 983 g/mol. The Kier molecular flexibility index (Phi) is 19.1. The zero-order chi connectivity index (χ0) is 48.4. The van der Waals surface area contributed by atoms with Crippen LogP contribution in [0.3, 0.4) is 0 Å². The van der Waals surface area contributed by atoms with E-state index in [1.807, 2.05) is 11.1 Å². The van der Waals surface area contributed by atoms with E-state index in [9.17, 15) is 0 Å². The van der Waals surface area contributed by atoms with Crippen LogP contribution in [0.1, 0.15) is 237 Å². The van der Waals surface area contributed by atoms with E-state index in [0.717, 1.165) is 0 Å². The van der Waals surface area contributed by atoms with Crippen LogP contribution in [0.4, 0.5) is 0 Å². The SMILES string of the molecule is CCCC1(CC2=Cc3c(-c4ccccc4C(C)(C)C)cccc3[CH]2[Zr]([CH3])([CH3])(=[SiH2])[CH]2C(CC3(CCC)CCCCCCCC3)=Cc3c(-c4ccccc4C(C)(C)C)cccc32)CCCCCCCC1.Cl.Cl. The van der Waals surface area contributed by atoms with Crippen molar-refractivity contribution < 1.29 is 17.4 Å². The van der Waals surface area contributed by atoms with Gasteiger partial charge in [0.05, 0.1) is 0 Å². The first-order valence-electron chi connectivity index (χ1n) is 28.3. The minimum Gasteiger partial charge on any atom is -0.147 e. The molecule has 70 heavy (non-hydrogen) atoms. The van der Waals surface area contributed by atoms with Crippen LogP contribution in [0.2, 0.25) is 9.26 Å². The fraction of sp³-hybridized carbons (Fsp3) is 0.576. The van der Waals surface area contributed by atoms with Crippen LogP contribution in [0.25, 0.3) is 34.4 Å². The second-order valence-corrected chi connectivity index (χ2v) is 57.0. The number of benzene rings is 4. The molecule has 0 radical (unpaired) electrons. The molecule has 4 heteroatoms. The molecule has 4 aromatic rings. The minimum absolute atomic E-state index is 0. The van der Waals surface area contributed by atoms with E-state index in [1.165, 1.54) is 175 Å². The number of allylic oxidation sites excluding steroid dienone is 2. The maximum absolute atomic E-state index is 4.15. The summed E-state index contributed by atoms with van der Waals surface area (Å²) in [6.45, 7) is 22.1. The van der Waals surface area contributed by atoms with Crippen LogP contribution in [-0.2, 0) is 28.2 Å². The van der Waals surface area contributed by atoms with Crippen molar-refractivity contribution in [2.75, 3.05) is 0 Å². The van der Waals surface area contributed by atoms with Crippen molar-refractivity contribution >= 4 is 43.8 Å². The first-order valence-corrected chi connectivity index (χ1v) is 42.0. The number of fused-ring (bicyclic) bond motifs is 2. The second kappa shape index (κ2) is 23.3. The van der Waals surface area contributed by atoms with Gasteiger partial charge in [0, 0.05) is 0 Å². The molecule has 0 heterocycles. The van der Waals surface area contributed by atoms with Crippen LogP contribution >= 0.6 is 24.8 Å². The molecule has 2 saturated carbocycles. The predicted octanol–water partition coefficient (Wildman–Crippen LogP) is 21.0. The molecule has 4 aliphatic rings. The van der Waals surface area contributed by atoms with E-state index < -0.39 is 17.4 Å². The third kappa shape index (κ3) is 12.1. The topological polar surface area (TPSA) is 0 Å². The van der Waals surface area contributed by atoms with Gasteiger partial charge >= 0.3 is 423 Å². The Hall–Kier alpha value is -1.96. The molecule has 2 atom stereocenters. The average Bonchev–Trinajstić information content (AvgIpc) is 3.91. The predicted molar refractivity (Wildman–Crippen MR) is 315 cm³/mol. The molecule has 8 rings (SSSR count). The molecule has 0 bridgehead atoms. The maximum Gasteiger partial charge on any atom is -0.147 e. The van der Waals surface area contributed by atoms with E-state index in [4.69, 9.17) is 0 Å². The number of rotatable bonds is 12. The molecule has 4 aromatic carbocycles. The zero-order valence-corrected chi connectivity index (χ0v) is 51.5. The standard InChI is InChI=1S/2C32H43.2CH3.2ClH.H2Si.Zr/c2*1-5-19-32(20-12-8-6-7-9-13-21-32)24-25-22-26-15-14-17-27(29(26)23-25)28-16-10-11-18-30(28)31(2,3)4;;;;;;/h2*10-11,14-18,22-23H,5-9,12-13,19-21,24H2,1-4H3;2*1H3;2*1H;1H2;. The Morgan fingerprint density at radius 3 is 1.10 bits per heavy atom. The van der Waals surface area contributed by atoms with E-state index in [0.29, 0.717) is 18.1 Å². The Morgan fingerprint density at radius 2 is 0.771 bits per heavy atom. The third-order valence-electron chi connectivity index (χ3n) is 18.3. The second-order valence-electron chi connectivity index (χ2n) is 26.5. The Labute approximate surface area is 444 Å². The van der Waals surface area contributed by atoms with Gasteiger partial charge < -0.3 is 0 Å². The fourth-order valence-corrected chi connectivity index (χ4v) is 35.2. The van der Waals surface area contributed by atoms with Crippen molar-refractivity contribution in [1.29, 1.82) is 0 Å². The molecule has 0 amide bonds. The first kappa shape index (κ1) is 57.3. The third-order valence-corrected chi connectivity index (χ3v) is 35.8. The van der Waals surface area contributed by atoms with Crippen molar-refractivity contribution in [2.45, 2.75) is 224 Å². The summed E-state index contributed by atoms with van der Waals surface area (Å²) >= 11 is -4.15. The molecule has 2 unspecified atom stereocenters. The molecule has 0 N–H and O–H groups in total. The summed E-state index contributed by atoms with van der Waals surface area (Å²) in [6, 6.07) is 34.1. The van der Waals surface area contributed by atoms with Crippen molar-refractivity contribution in [1.82, 2.24) is 0 Å². The van der Waals surface area contributed by atoms with Crippen LogP contribution in [0, 0.1) is 10.8 Å². The largest absolute Gasteiger partial charge is 0.147 e. The molecule has 382 valence electrons. The van der Waals surface area contributed by atoms with Gasteiger partial charge in [0.25, 0.3) is 0 Å². The summed E-state index contributed by atoms with van der Waals surface area (Å²) in [5, 5.41) is 0. The monoisotopic (exact) mass is 1080 g/mol. The smallest absolute Gasteiger partial charge is 0.147 e. The van der Waals surface area contributed by atoms with E-state index in [1.54, 1.807) is 22.3 Å². The summed E-state index contributed by atoms with van der Waals surface area (Å²) in [5.74, 6) is 0. The number of hydrogen-bond acceptors (Lipinski definition) is 0. The number of hydrogen-bond donors (Lipinski definition) is 0. The van der Waals surface area contributed by atoms with Gasteiger partial charge in [-0.15, -0.1) is 24.8 Å². The van der Waals surface area contributed by atoms with Gasteiger partial charge in [-0.2, -0.15) is 0 Å². The molecular formula is C66H96Cl2SiZr. The summed E-state index contributed by atoms with van der Waals surface area (Å²) in [7, 11) is 0. The average molecular weight is 1080 g/mol. The van der Waals surface area contributed by atoms with Gasteiger partial charge in [0.2, 0.25) is 0 Å². The summed E-state index contributed by atoms with van der Waals surface area (Å²) in [6.07, 6.45) is 36.2. The Morgan fingerprint density at radius 1 is 0.457 bits per heavy atom. The van der Waals surface area contributed by atoms with E-state index in [-0.39, 0.29) is 35.6 Å². The quantitative estimate of drug-likeness (QED) is 0.124. The molecule has 0 nitrogen and oxygen atoms in total. The minimum atomic E-state index is -4.15. The van der Waals surface area contributed by atoms with Gasteiger partial charge in [0.1, 0.15) is 0 Å². The summed E-state index contributed by atoms with van der Waals surface area (Å²) in [4.78, 5) is 0. The fourth-order valence-electron chi connectivity index (χ4n) is 15.5. The van der Waals surface area contributed by atoms with Crippen LogP contribution in [0.5, 0.6) is 0 Å². The van der Waals surface area contributed by atoms with Crippen LogP contribution in [0.15, 0.2) is 96.1 Å². The van der Waals surface area contributed by atoms with Gasteiger partial charge in [-0.1, -0.05) is 0 Å². The van der Waals surface area contributed by atoms with Crippen LogP contribution in [-0.4, -0.2) is 6.88 Å². The van der Waals surface area contributed by atoms with Gasteiger partial charge in [0.15, 0.2) is 0 Å². The van der Waals surface area contributed by atoms with Crippen molar-refractivity contribution in [3.63, 3.8) is 0 Å². The van der Waals surface area contributed by atoms with Crippen molar-refractivity contribution in [3.05, 3.63) is 129 Å². The first-order chi connectivity index (χ1) is 32.4. The molecule has 0 saturated heterocycles. The normalized spacial score (nSPS) is 20.9. The molecule has 0 spiro atoms. The molecule has 0 aromatic heterocycles. The summed E-state index contributed by atoms with van der Waals surface area (Å²) < 4.78 is 6.97. The van der Waals surface area contributed by atoms with Crippen molar-refractivity contribution in [2.24, 2.45) is 10.8 Å². The molecule has 2 fully saturated rings. The van der Waals surface area contributed by atoms with Gasteiger partial charge in [-0.25, -0.2) is 0 Å². The van der Waals surface area contributed by atoms with Crippen LogP contribution < -0.4 is 0 Å². The van der Waals surface area contributed by atoms with Crippen molar-refractivity contribution in [3.8, 4) is 22.3 Å². The Bertz CT molecular complexity index is 2350.